The Morgan fingerprint density at radius 3 is 2.55 bits per heavy atom. The van der Waals surface area contributed by atoms with Crippen molar-refractivity contribution in [2.45, 2.75) is 13.3 Å². The van der Waals surface area contributed by atoms with Crippen LogP contribution in [-0.4, -0.2) is 30.8 Å². The van der Waals surface area contributed by atoms with Gasteiger partial charge in [0.15, 0.2) is 10.9 Å². The minimum absolute atomic E-state index is 0.233. The molecule has 4 rings (SSSR count). The minimum Gasteiger partial charge on any atom is -0.332 e. The number of aryl methyl sites for hydroxylation is 1. The van der Waals surface area contributed by atoms with E-state index < -0.39 is 0 Å². The molecule has 0 unspecified atom stereocenters. The van der Waals surface area contributed by atoms with Crippen LogP contribution >= 0.6 is 39.5 Å². The van der Waals surface area contributed by atoms with Gasteiger partial charge >= 0.3 is 0 Å². The van der Waals surface area contributed by atoms with Crippen molar-refractivity contribution in [2.24, 2.45) is 0 Å². The number of amides is 1. The van der Waals surface area contributed by atoms with Gasteiger partial charge in [0.2, 0.25) is 4.96 Å². The van der Waals surface area contributed by atoms with Crippen molar-refractivity contribution in [3.05, 3.63) is 64.4 Å². The first-order valence-electron chi connectivity index (χ1n) is 8.73. The Morgan fingerprint density at radius 2 is 1.86 bits per heavy atom. The molecule has 1 amide bonds. The maximum absolute atomic E-state index is 12.2. The SMILES string of the molecule is CCc1nnc2sc(-c3ccc(NC(=S)NC(=O)c4ccc(Br)cc4)cc3)nn12. The Balaban J connectivity index is 1.42. The largest absolute Gasteiger partial charge is 0.332 e. The van der Waals surface area contributed by atoms with Gasteiger partial charge in [-0.3, -0.25) is 10.1 Å². The highest BCUT2D eigenvalue weighted by atomic mass is 79.9. The van der Waals surface area contributed by atoms with Gasteiger partial charge in [-0.05, 0) is 60.7 Å². The zero-order valence-electron chi connectivity index (χ0n) is 15.2. The smallest absolute Gasteiger partial charge is 0.257 e. The van der Waals surface area contributed by atoms with Crippen LogP contribution in [0.3, 0.4) is 0 Å². The van der Waals surface area contributed by atoms with Crippen LogP contribution in [0.1, 0.15) is 23.1 Å². The highest BCUT2D eigenvalue weighted by Gasteiger charge is 2.12. The van der Waals surface area contributed by atoms with Gasteiger partial charge in [-0.25, -0.2) is 0 Å². The molecule has 2 aromatic heterocycles. The summed E-state index contributed by atoms with van der Waals surface area (Å²) >= 11 is 10.1. The lowest BCUT2D eigenvalue weighted by Crippen LogP contribution is -2.34. The number of hydrogen-bond donors (Lipinski definition) is 2. The van der Waals surface area contributed by atoms with Gasteiger partial charge in [0.05, 0.1) is 0 Å². The number of nitrogens with one attached hydrogen (secondary N) is 2. The van der Waals surface area contributed by atoms with Crippen molar-refractivity contribution >= 4 is 61.2 Å². The lowest BCUT2D eigenvalue weighted by atomic mass is 10.2. The third-order valence-electron chi connectivity index (χ3n) is 4.09. The van der Waals surface area contributed by atoms with Crippen LogP contribution in [0.2, 0.25) is 0 Å². The van der Waals surface area contributed by atoms with Crippen LogP contribution in [0.25, 0.3) is 15.5 Å². The minimum atomic E-state index is -0.266. The van der Waals surface area contributed by atoms with Crippen molar-refractivity contribution in [1.29, 1.82) is 0 Å². The Bertz CT molecular complexity index is 1180. The molecule has 0 fully saturated rings. The molecule has 0 aliphatic heterocycles. The fourth-order valence-electron chi connectivity index (χ4n) is 2.63. The van der Waals surface area contributed by atoms with E-state index in [0.29, 0.717) is 5.56 Å². The summed E-state index contributed by atoms with van der Waals surface area (Å²) in [7, 11) is 0. The predicted octanol–water partition coefficient (Wildman–Crippen LogP) is 4.30. The van der Waals surface area contributed by atoms with E-state index in [2.05, 4.69) is 41.9 Å². The second kappa shape index (κ2) is 8.36. The van der Waals surface area contributed by atoms with Crippen molar-refractivity contribution in [3.63, 3.8) is 0 Å². The monoisotopic (exact) mass is 486 g/mol. The summed E-state index contributed by atoms with van der Waals surface area (Å²) in [4.78, 5) is 13.0. The molecule has 0 spiro atoms. The molecule has 7 nitrogen and oxygen atoms in total. The molecular weight excluding hydrogens is 472 g/mol. The number of aromatic nitrogens is 4. The van der Waals surface area contributed by atoms with Crippen molar-refractivity contribution in [1.82, 2.24) is 25.1 Å². The van der Waals surface area contributed by atoms with Gasteiger partial charge in [0.1, 0.15) is 5.01 Å². The average Bonchev–Trinajstić information content (AvgIpc) is 3.29. The molecule has 29 heavy (non-hydrogen) atoms. The number of hydrogen-bond acceptors (Lipinski definition) is 6. The number of carbonyl (C=O) groups is 1. The second-order valence-electron chi connectivity index (χ2n) is 6.06. The Morgan fingerprint density at radius 1 is 1.14 bits per heavy atom. The Hall–Kier alpha value is -2.69. The van der Waals surface area contributed by atoms with E-state index in [1.807, 2.05) is 31.2 Å². The number of thiocarbonyl (C=S) groups is 1. The normalized spacial score (nSPS) is 10.8. The van der Waals surface area contributed by atoms with Gasteiger partial charge in [-0.15, -0.1) is 10.2 Å². The van der Waals surface area contributed by atoms with Crippen molar-refractivity contribution in [2.75, 3.05) is 5.32 Å². The summed E-state index contributed by atoms with van der Waals surface area (Å²) in [5.74, 6) is 0.575. The predicted molar refractivity (Wildman–Crippen MR) is 121 cm³/mol. The fraction of sp³-hybridized carbons (Fsp3) is 0.105. The molecule has 0 atom stereocenters. The standard InChI is InChI=1S/C19H15BrN6OS2/c1-2-15-23-24-19-26(15)25-17(29-19)12-5-9-14(10-6-12)21-18(28)22-16(27)11-3-7-13(20)8-4-11/h3-10H,2H2,1H3,(H2,21,22,27,28). The van der Waals surface area contributed by atoms with Crippen LogP contribution in [-0.2, 0) is 6.42 Å². The van der Waals surface area contributed by atoms with E-state index in [9.17, 15) is 4.79 Å². The highest BCUT2D eigenvalue weighted by Crippen LogP contribution is 2.26. The Kier molecular flexibility index (Phi) is 5.65. The van der Waals surface area contributed by atoms with E-state index in [1.165, 1.54) is 11.3 Å². The summed E-state index contributed by atoms with van der Waals surface area (Å²) in [6, 6.07) is 14.7. The number of rotatable bonds is 4. The van der Waals surface area contributed by atoms with E-state index in [-0.39, 0.29) is 11.0 Å². The first kappa shape index (κ1) is 19.6. The van der Waals surface area contributed by atoms with Crippen molar-refractivity contribution < 1.29 is 4.79 Å². The van der Waals surface area contributed by atoms with Gasteiger partial charge in [0, 0.05) is 27.7 Å². The molecule has 2 aromatic carbocycles. The molecule has 0 saturated carbocycles. The zero-order chi connectivity index (χ0) is 20.4. The topological polar surface area (TPSA) is 84.2 Å². The number of carbonyl (C=O) groups excluding carboxylic acids is 1. The molecule has 0 aliphatic carbocycles. The average molecular weight is 487 g/mol. The lowest BCUT2D eigenvalue weighted by molar-refractivity contribution is 0.0977. The number of halogens is 1. The summed E-state index contributed by atoms with van der Waals surface area (Å²) in [5.41, 5.74) is 2.27. The molecule has 146 valence electrons. The van der Waals surface area contributed by atoms with Crippen LogP contribution in [0.15, 0.2) is 53.0 Å². The second-order valence-corrected chi connectivity index (χ2v) is 8.34. The van der Waals surface area contributed by atoms with Gasteiger partial charge in [-0.1, -0.05) is 34.2 Å². The van der Waals surface area contributed by atoms with Gasteiger partial charge in [-0.2, -0.15) is 9.61 Å². The highest BCUT2D eigenvalue weighted by molar-refractivity contribution is 9.10. The molecule has 0 bridgehead atoms. The van der Waals surface area contributed by atoms with E-state index >= 15 is 0 Å². The quantitative estimate of drug-likeness (QED) is 0.418. The van der Waals surface area contributed by atoms with Crippen LogP contribution in [0.5, 0.6) is 0 Å². The molecule has 2 heterocycles. The molecule has 0 radical (unpaired) electrons. The number of nitrogens with zero attached hydrogens (tertiary/aromatic N) is 4. The zero-order valence-corrected chi connectivity index (χ0v) is 18.4. The van der Waals surface area contributed by atoms with Crippen LogP contribution in [0, 0.1) is 0 Å². The van der Waals surface area contributed by atoms with Crippen LogP contribution in [0.4, 0.5) is 5.69 Å². The third-order valence-corrected chi connectivity index (χ3v) is 5.78. The summed E-state index contributed by atoms with van der Waals surface area (Å²) in [6.07, 6.45) is 0.774. The number of fused-ring (bicyclic) bond motifs is 1. The molecule has 0 aliphatic rings. The van der Waals surface area contributed by atoms with E-state index in [4.69, 9.17) is 12.2 Å². The number of anilines is 1. The van der Waals surface area contributed by atoms with Crippen molar-refractivity contribution in [3.8, 4) is 10.6 Å². The number of benzene rings is 2. The van der Waals surface area contributed by atoms with Gasteiger partial charge < -0.3 is 5.32 Å². The summed E-state index contributed by atoms with van der Waals surface area (Å²) in [6.45, 7) is 2.02. The molecule has 4 aromatic rings. The summed E-state index contributed by atoms with van der Waals surface area (Å²) < 4.78 is 2.68. The van der Waals surface area contributed by atoms with Crippen LogP contribution < -0.4 is 10.6 Å². The fourth-order valence-corrected chi connectivity index (χ4v) is 3.97. The first-order valence-corrected chi connectivity index (χ1v) is 10.7. The molecule has 2 N–H and O–H groups in total. The molecular formula is C19H15BrN6OS2. The first-order chi connectivity index (χ1) is 14.0. The Labute approximate surface area is 184 Å². The maximum Gasteiger partial charge on any atom is 0.257 e. The molecule has 0 saturated heterocycles. The van der Waals surface area contributed by atoms with E-state index in [1.54, 1.807) is 28.8 Å². The van der Waals surface area contributed by atoms with Gasteiger partial charge in [0.25, 0.3) is 5.91 Å². The van der Waals surface area contributed by atoms with E-state index in [0.717, 1.165) is 37.9 Å². The lowest BCUT2D eigenvalue weighted by Gasteiger charge is -2.10. The maximum atomic E-state index is 12.2. The summed E-state index contributed by atoms with van der Waals surface area (Å²) in [5, 5.41) is 19.6. The third kappa shape index (κ3) is 4.34. The molecule has 10 heteroatoms.